The van der Waals surface area contributed by atoms with Crippen LogP contribution in [0.25, 0.3) is 10.9 Å². The lowest BCUT2D eigenvalue weighted by atomic mass is 9.90. The number of aryl methyl sites for hydroxylation is 1. The van der Waals surface area contributed by atoms with Crippen LogP contribution in [0, 0.1) is 19.7 Å². The van der Waals surface area contributed by atoms with Crippen LogP contribution >= 0.6 is 15.9 Å². The van der Waals surface area contributed by atoms with Crippen molar-refractivity contribution in [1.29, 1.82) is 0 Å². The minimum atomic E-state index is -2.84. The highest BCUT2D eigenvalue weighted by Gasteiger charge is 2.37. The maximum absolute atomic E-state index is 14.2. The SMILES string of the molecule is Cc1ccc(F)cc1[C@H](CCC(=O)O)CNC(=O)c1c(C)c(N2CCCC(F)(F)C2)nc2ccc(Br)cc12. The highest BCUT2D eigenvalue weighted by Crippen LogP contribution is 2.35. The van der Waals surface area contributed by atoms with Crippen molar-refractivity contribution in [2.75, 3.05) is 24.5 Å². The summed E-state index contributed by atoms with van der Waals surface area (Å²) >= 11 is 3.43. The van der Waals surface area contributed by atoms with Crippen molar-refractivity contribution >= 4 is 44.5 Å². The molecule has 1 aliphatic rings. The Bertz CT molecular complexity index is 1380. The van der Waals surface area contributed by atoms with Crippen molar-refractivity contribution < 1.29 is 27.9 Å². The molecule has 10 heteroatoms. The van der Waals surface area contributed by atoms with Gasteiger partial charge in [0.25, 0.3) is 11.8 Å². The predicted molar refractivity (Wildman–Crippen MR) is 144 cm³/mol. The summed E-state index contributed by atoms with van der Waals surface area (Å²) in [6, 6.07) is 9.59. The maximum Gasteiger partial charge on any atom is 0.303 e. The number of carboxylic acids is 1. The van der Waals surface area contributed by atoms with Crippen LogP contribution < -0.4 is 10.2 Å². The number of amides is 1. The predicted octanol–water partition coefficient (Wildman–Crippen LogP) is 6.37. The number of aliphatic carboxylic acids is 1. The van der Waals surface area contributed by atoms with Crippen molar-refractivity contribution in [3.63, 3.8) is 0 Å². The molecule has 1 amide bonds. The van der Waals surface area contributed by atoms with Gasteiger partial charge in [0.05, 0.1) is 17.6 Å². The molecule has 38 heavy (non-hydrogen) atoms. The number of anilines is 1. The molecular formula is C28H29BrF3N3O3. The summed E-state index contributed by atoms with van der Waals surface area (Å²) in [5.74, 6) is -4.81. The highest BCUT2D eigenvalue weighted by atomic mass is 79.9. The number of halogens is 4. The van der Waals surface area contributed by atoms with E-state index < -0.39 is 36.1 Å². The quantitative estimate of drug-likeness (QED) is 0.318. The molecule has 1 saturated heterocycles. The molecule has 0 unspecified atom stereocenters. The summed E-state index contributed by atoms with van der Waals surface area (Å²) in [6.07, 6.45) is 0.184. The van der Waals surface area contributed by atoms with Crippen molar-refractivity contribution in [3.05, 3.63) is 68.9 Å². The molecule has 2 N–H and O–H groups in total. The van der Waals surface area contributed by atoms with Crippen LogP contribution in [0.4, 0.5) is 19.0 Å². The second-order valence-electron chi connectivity index (χ2n) is 9.82. The summed E-state index contributed by atoms with van der Waals surface area (Å²) in [6.45, 7) is 3.51. The lowest BCUT2D eigenvalue weighted by Crippen LogP contribution is -2.43. The molecule has 3 aromatic rings. The first-order chi connectivity index (χ1) is 17.9. The fraction of sp³-hybridized carbons (Fsp3) is 0.393. The van der Waals surface area contributed by atoms with E-state index in [1.54, 1.807) is 31.2 Å². The van der Waals surface area contributed by atoms with Crippen LogP contribution in [0.1, 0.15) is 58.6 Å². The number of benzene rings is 2. The van der Waals surface area contributed by atoms with E-state index in [1.165, 1.54) is 17.0 Å². The first kappa shape index (κ1) is 27.9. The van der Waals surface area contributed by atoms with E-state index in [0.717, 1.165) is 10.0 Å². The van der Waals surface area contributed by atoms with Gasteiger partial charge in [-0.05, 0) is 68.1 Å². The number of nitrogens with zero attached hydrogens (tertiary/aromatic N) is 2. The minimum absolute atomic E-state index is 0.0742. The van der Waals surface area contributed by atoms with Crippen molar-refractivity contribution in [1.82, 2.24) is 10.3 Å². The van der Waals surface area contributed by atoms with Gasteiger partial charge in [-0.3, -0.25) is 9.59 Å². The molecule has 0 bridgehead atoms. The number of rotatable bonds is 8. The van der Waals surface area contributed by atoms with Gasteiger partial charge in [0.15, 0.2) is 0 Å². The average molecular weight is 592 g/mol. The third-order valence-corrected chi connectivity index (χ3v) is 7.47. The lowest BCUT2D eigenvalue weighted by Gasteiger charge is -2.34. The Morgan fingerprint density at radius 3 is 2.68 bits per heavy atom. The minimum Gasteiger partial charge on any atom is -0.481 e. The molecule has 0 saturated carbocycles. The lowest BCUT2D eigenvalue weighted by molar-refractivity contribution is -0.137. The zero-order chi connectivity index (χ0) is 27.6. The van der Waals surface area contributed by atoms with Crippen LogP contribution in [0.15, 0.2) is 40.9 Å². The number of fused-ring (bicyclic) bond motifs is 1. The molecule has 1 aliphatic heterocycles. The molecule has 1 fully saturated rings. The molecule has 0 aliphatic carbocycles. The molecule has 0 spiro atoms. The van der Waals surface area contributed by atoms with E-state index >= 15 is 0 Å². The summed E-state index contributed by atoms with van der Waals surface area (Å²) < 4.78 is 43.2. The number of piperidine rings is 1. The third kappa shape index (κ3) is 6.28. The summed E-state index contributed by atoms with van der Waals surface area (Å²) in [4.78, 5) is 31.1. The second-order valence-corrected chi connectivity index (χ2v) is 10.7. The van der Waals surface area contributed by atoms with Crippen LogP contribution in [0.3, 0.4) is 0 Å². The van der Waals surface area contributed by atoms with E-state index in [1.807, 2.05) is 6.92 Å². The van der Waals surface area contributed by atoms with Gasteiger partial charge in [0, 0.05) is 47.3 Å². The molecule has 0 radical (unpaired) electrons. The summed E-state index contributed by atoms with van der Waals surface area (Å²) in [5.41, 5.74) is 2.71. The number of aromatic nitrogens is 1. The van der Waals surface area contributed by atoms with Gasteiger partial charge in [-0.25, -0.2) is 18.2 Å². The fourth-order valence-corrected chi connectivity index (χ4v) is 5.45. The number of carbonyl (C=O) groups excluding carboxylic acids is 1. The molecule has 4 rings (SSSR count). The number of carbonyl (C=O) groups is 2. The monoisotopic (exact) mass is 591 g/mol. The van der Waals surface area contributed by atoms with Gasteiger partial charge in [0.1, 0.15) is 11.6 Å². The maximum atomic E-state index is 14.2. The topological polar surface area (TPSA) is 82.5 Å². The van der Waals surface area contributed by atoms with E-state index in [4.69, 9.17) is 0 Å². The van der Waals surface area contributed by atoms with Crippen molar-refractivity contribution in [2.45, 2.75) is 51.4 Å². The van der Waals surface area contributed by atoms with Gasteiger partial charge in [-0.15, -0.1) is 0 Å². The van der Waals surface area contributed by atoms with Crippen LogP contribution in [0.5, 0.6) is 0 Å². The van der Waals surface area contributed by atoms with Gasteiger partial charge in [-0.1, -0.05) is 22.0 Å². The largest absolute Gasteiger partial charge is 0.481 e. The van der Waals surface area contributed by atoms with Gasteiger partial charge in [0.2, 0.25) is 0 Å². The van der Waals surface area contributed by atoms with Crippen molar-refractivity contribution in [3.8, 4) is 0 Å². The van der Waals surface area contributed by atoms with E-state index in [-0.39, 0.29) is 25.8 Å². The van der Waals surface area contributed by atoms with Gasteiger partial charge in [-0.2, -0.15) is 0 Å². The normalized spacial score (nSPS) is 15.9. The highest BCUT2D eigenvalue weighted by molar-refractivity contribution is 9.10. The zero-order valence-corrected chi connectivity index (χ0v) is 22.7. The number of carboxylic acid groups (broad SMARTS) is 1. The molecular weight excluding hydrogens is 563 g/mol. The molecule has 2 heterocycles. The average Bonchev–Trinajstić information content (AvgIpc) is 2.84. The molecule has 6 nitrogen and oxygen atoms in total. The molecule has 1 aromatic heterocycles. The Hall–Kier alpha value is -3.14. The Labute approximate surface area is 227 Å². The second kappa shape index (κ2) is 11.3. The zero-order valence-electron chi connectivity index (χ0n) is 21.2. The number of pyridine rings is 1. The third-order valence-electron chi connectivity index (χ3n) is 6.98. The van der Waals surface area contributed by atoms with Crippen LogP contribution in [-0.2, 0) is 4.79 Å². The Kier molecular flexibility index (Phi) is 8.30. The first-order valence-corrected chi connectivity index (χ1v) is 13.2. The molecule has 2 aromatic carbocycles. The van der Waals surface area contributed by atoms with Crippen LogP contribution in [-0.4, -0.2) is 47.5 Å². The van der Waals surface area contributed by atoms with Gasteiger partial charge < -0.3 is 15.3 Å². The Balaban J connectivity index is 1.70. The van der Waals surface area contributed by atoms with E-state index in [2.05, 4.69) is 26.2 Å². The van der Waals surface area contributed by atoms with E-state index in [0.29, 0.717) is 46.4 Å². The molecule has 1 atom stereocenters. The fourth-order valence-electron chi connectivity index (χ4n) is 5.09. The standard InChI is InChI=1S/C28H29BrF3N3O3/c1-16-4-7-20(30)13-21(16)18(5-9-24(36)37)14-33-27(38)25-17(2)26(35-11-3-10-28(31,32)15-35)34-23-8-6-19(29)12-22(23)25/h4,6-8,12-13,18H,3,5,9-11,14-15H2,1-2H3,(H,33,38)(H,36,37)/t18-/m1/s1. The summed E-state index contributed by atoms with van der Waals surface area (Å²) in [5, 5.41) is 12.7. The number of hydrogen-bond acceptors (Lipinski definition) is 4. The Morgan fingerprint density at radius 1 is 1.21 bits per heavy atom. The number of nitrogens with one attached hydrogen (secondary N) is 1. The smallest absolute Gasteiger partial charge is 0.303 e. The first-order valence-electron chi connectivity index (χ1n) is 12.4. The summed E-state index contributed by atoms with van der Waals surface area (Å²) in [7, 11) is 0. The molecule has 202 valence electrons. The van der Waals surface area contributed by atoms with E-state index in [9.17, 15) is 27.9 Å². The van der Waals surface area contributed by atoms with Crippen molar-refractivity contribution in [2.24, 2.45) is 0 Å². The van der Waals surface area contributed by atoms with Gasteiger partial charge >= 0.3 is 5.97 Å². The van der Waals surface area contributed by atoms with Crippen LogP contribution in [0.2, 0.25) is 0 Å². The Morgan fingerprint density at radius 2 is 1.97 bits per heavy atom. The number of hydrogen-bond donors (Lipinski definition) is 2. The number of alkyl halides is 2.